The van der Waals surface area contributed by atoms with Crippen LogP contribution in [0.1, 0.15) is 11.3 Å². The van der Waals surface area contributed by atoms with Crippen molar-refractivity contribution < 1.29 is 5.11 Å². The first-order chi connectivity index (χ1) is 11.8. The number of nitrogens with zero attached hydrogens (tertiary/aromatic N) is 3. The van der Waals surface area contributed by atoms with Crippen LogP contribution in [0.25, 0.3) is 27.7 Å². The fraction of sp³-hybridized carbons (Fsp3) is 0.100. The topological polar surface area (TPSA) is 50.9 Å². The molecular weight excluding hydrogens is 298 g/mol. The van der Waals surface area contributed by atoms with E-state index in [2.05, 4.69) is 34.6 Å². The van der Waals surface area contributed by atoms with Gasteiger partial charge in [0, 0.05) is 10.9 Å². The van der Waals surface area contributed by atoms with Gasteiger partial charge in [-0.15, -0.1) is 5.10 Å². The molecule has 1 heterocycles. The Morgan fingerprint density at radius 1 is 0.958 bits per heavy atom. The summed E-state index contributed by atoms with van der Waals surface area (Å²) < 4.78 is 1.82. The van der Waals surface area contributed by atoms with E-state index in [1.807, 2.05) is 54.1 Å². The van der Waals surface area contributed by atoms with Crippen molar-refractivity contribution in [1.29, 1.82) is 0 Å². The van der Waals surface area contributed by atoms with Crippen molar-refractivity contribution in [1.82, 2.24) is 15.0 Å². The highest BCUT2D eigenvalue weighted by molar-refractivity contribution is 5.90. The summed E-state index contributed by atoms with van der Waals surface area (Å²) in [5.74, 6) is 0. The Morgan fingerprint density at radius 2 is 1.75 bits per heavy atom. The van der Waals surface area contributed by atoms with Crippen LogP contribution in [-0.2, 0) is 6.61 Å². The third kappa shape index (κ3) is 2.37. The molecule has 4 aromatic rings. The second-order valence-electron chi connectivity index (χ2n) is 5.82. The highest BCUT2D eigenvalue weighted by Crippen LogP contribution is 2.29. The monoisotopic (exact) mass is 315 g/mol. The quantitative estimate of drug-likeness (QED) is 0.624. The second kappa shape index (κ2) is 5.91. The van der Waals surface area contributed by atoms with E-state index >= 15 is 0 Å². The normalized spacial score (nSPS) is 11.1. The molecular formula is C20H17N3O. The molecule has 1 N–H and O–H groups in total. The number of aryl methyl sites for hydroxylation is 1. The van der Waals surface area contributed by atoms with Crippen molar-refractivity contribution in [2.45, 2.75) is 13.5 Å². The molecule has 4 rings (SSSR count). The van der Waals surface area contributed by atoms with Gasteiger partial charge in [0.05, 0.1) is 12.3 Å². The van der Waals surface area contributed by atoms with Crippen molar-refractivity contribution >= 4 is 10.8 Å². The summed E-state index contributed by atoms with van der Waals surface area (Å²) in [5.41, 5.74) is 4.52. The smallest absolute Gasteiger partial charge is 0.117 e. The summed E-state index contributed by atoms with van der Waals surface area (Å²) in [5, 5.41) is 20.5. The fourth-order valence-corrected chi connectivity index (χ4v) is 3.06. The summed E-state index contributed by atoms with van der Waals surface area (Å²) in [4.78, 5) is 0. The maximum Gasteiger partial charge on any atom is 0.117 e. The van der Waals surface area contributed by atoms with Crippen molar-refractivity contribution in [3.05, 3.63) is 78.0 Å². The third-order valence-corrected chi connectivity index (χ3v) is 4.18. The summed E-state index contributed by atoms with van der Waals surface area (Å²) in [6.45, 7) is 1.90. The van der Waals surface area contributed by atoms with Crippen LogP contribution in [0.2, 0.25) is 0 Å². The van der Waals surface area contributed by atoms with E-state index in [9.17, 15) is 5.11 Å². The number of fused-ring (bicyclic) bond motifs is 1. The summed E-state index contributed by atoms with van der Waals surface area (Å²) in [6, 6.07) is 22.5. The lowest BCUT2D eigenvalue weighted by molar-refractivity contribution is 0.277. The van der Waals surface area contributed by atoms with Crippen LogP contribution >= 0.6 is 0 Å². The molecule has 0 aliphatic carbocycles. The lowest BCUT2D eigenvalue weighted by Crippen LogP contribution is -2.01. The standard InChI is InChI=1S/C20H17N3O/c1-14-6-4-9-16(12-14)20-18(13-24)21-22-23(20)19-11-5-8-15-7-2-3-10-17(15)19/h2-12,24H,13H2,1H3. The predicted molar refractivity (Wildman–Crippen MR) is 95.0 cm³/mol. The lowest BCUT2D eigenvalue weighted by Gasteiger charge is -2.11. The Labute approximate surface area is 140 Å². The highest BCUT2D eigenvalue weighted by Gasteiger charge is 2.17. The number of aliphatic hydroxyl groups is 1. The van der Waals surface area contributed by atoms with Gasteiger partial charge >= 0.3 is 0 Å². The molecule has 118 valence electrons. The molecule has 0 atom stereocenters. The molecule has 0 saturated carbocycles. The lowest BCUT2D eigenvalue weighted by atomic mass is 10.1. The maximum atomic E-state index is 9.71. The maximum absolute atomic E-state index is 9.71. The van der Waals surface area contributed by atoms with Gasteiger partial charge < -0.3 is 5.11 Å². The first-order valence-corrected chi connectivity index (χ1v) is 7.88. The van der Waals surface area contributed by atoms with Gasteiger partial charge in [0.25, 0.3) is 0 Å². The Bertz CT molecular complexity index is 1020. The van der Waals surface area contributed by atoms with Crippen LogP contribution in [0, 0.1) is 6.92 Å². The Balaban J connectivity index is 2.01. The summed E-state index contributed by atoms with van der Waals surface area (Å²) in [7, 11) is 0. The molecule has 0 spiro atoms. The van der Waals surface area contributed by atoms with Crippen LogP contribution < -0.4 is 0 Å². The van der Waals surface area contributed by atoms with Crippen LogP contribution in [0.3, 0.4) is 0 Å². The summed E-state index contributed by atoms with van der Waals surface area (Å²) in [6.07, 6.45) is 0. The Morgan fingerprint density at radius 3 is 2.58 bits per heavy atom. The van der Waals surface area contributed by atoms with Crippen molar-refractivity contribution in [3.63, 3.8) is 0 Å². The Kier molecular flexibility index (Phi) is 3.59. The molecule has 1 aromatic heterocycles. The number of aromatic nitrogens is 3. The number of hydrogen-bond acceptors (Lipinski definition) is 3. The second-order valence-corrected chi connectivity index (χ2v) is 5.82. The van der Waals surface area contributed by atoms with Crippen LogP contribution in [0.5, 0.6) is 0 Å². The molecule has 0 radical (unpaired) electrons. The molecule has 24 heavy (non-hydrogen) atoms. The molecule has 0 bridgehead atoms. The van der Waals surface area contributed by atoms with Crippen LogP contribution in [-0.4, -0.2) is 20.1 Å². The molecule has 3 aromatic carbocycles. The molecule has 0 aliphatic rings. The van der Waals surface area contributed by atoms with Gasteiger partial charge in [-0.05, 0) is 24.4 Å². The first kappa shape index (κ1) is 14.6. The van der Waals surface area contributed by atoms with Crippen molar-refractivity contribution in [3.8, 4) is 16.9 Å². The van der Waals surface area contributed by atoms with Gasteiger partial charge in [0.1, 0.15) is 11.4 Å². The molecule has 4 nitrogen and oxygen atoms in total. The molecule has 0 saturated heterocycles. The van der Waals surface area contributed by atoms with Gasteiger partial charge in [0.15, 0.2) is 0 Å². The Hall–Kier alpha value is -2.98. The zero-order chi connectivity index (χ0) is 16.5. The molecule has 0 aliphatic heterocycles. The van der Waals surface area contributed by atoms with E-state index in [1.165, 1.54) is 0 Å². The van der Waals surface area contributed by atoms with E-state index in [4.69, 9.17) is 0 Å². The summed E-state index contributed by atoms with van der Waals surface area (Å²) >= 11 is 0. The predicted octanol–water partition coefficient (Wildman–Crippen LogP) is 3.89. The zero-order valence-electron chi connectivity index (χ0n) is 13.3. The van der Waals surface area contributed by atoms with Crippen molar-refractivity contribution in [2.24, 2.45) is 0 Å². The van der Waals surface area contributed by atoms with Gasteiger partial charge in [-0.2, -0.15) is 0 Å². The van der Waals surface area contributed by atoms with Crippen molar-refractivity contribution in [2.75, 3.05) is 0 Å². The molecule has 4 heteroatoms. The SMILES string of the molecule is Cc1cccc(-c2c(CO)nnn2-c2cccc3ccccc23)c1. The highest BCUT2D eigenvalue weighted by atomic mass is 16.3. The van der Waals surface area contributed by atoms with E-state index in [-0.39, 0.29) is 6.61 Å². The number of aliphatic hydroxyl groups excluding tert-OH is 1. The van der Waals surface area contributed by atoms with E-state index in [0.717, 1.165) is 33.3 Å². The molecule has 0 unspecified atom stereocenters. The third-order valence-electron chi connectivity index (χ3n) is 4.18. The van der Waals surface area contributed by atoms with Crippen LogP contribution in [0.15, 0.2) is 66.7 Å². The zero-order valence-corrected chi connectivity index (χ0v) is 13.3. The van der Waals surface area contributed by atoms with E-state index < -0.39 is 0 Å². The number of hydrogen-bond donors (Lipinski definition) is 1. The minimum atomic E-state index is -0.145. The fourth-order valence-electron chi connectivity index (χ4n) is 3.06. The average Bonchev–Trinajstić information content (AvgIpc) is 3.05. The molecule has 0 fully saturated rings. The number of rotatable bonds is 3. The van der Waals surface area contributed by atoms with Crippen LogP contribution in [0.4, 0.5) is 0 Å². The molecule has 0 amide bonds. The first-order valence-electron chi connectivity index (χ1n) is 7.88. The van der Waals surface area contributed by atoms with E-state index in [0.29, 0.717) is 5.69 Å². The van der Waals surface area contributed by atoms with Gasteiger partial charge in [-0.1, -0.05) is 65.4 Å². The van der Waals surface area contributed by atoms with Gasteiger partial charge in [-0.3, -0.25) is 0 Å². The van der Waals surface area contributed by atoms with Gasteiger partial charge in [0.2, 0.25) is 0 Å². The number of benzene rings is 3. The minimum absolute atomic E-state index is 0.145. The van der Waals surface area contributed by atoms with E-state index in [1.54, 1.807) is 0 Å². The average molecular weight is 315 g/mol. The largest absolute Gasteiger partial charge is 0.390 e. The van der Waals surface area contributed by atoms with Gasteiger partial charge in [-0.25, -0.2) is 4.68 Å². The minimum Gasteiger partial charge on any atom is -0.390 e.